The Kier molecular flexibility index (Phi) is 2.64. The Hall–Kier alpha value is -1.84. The first-order chi connectivity index (χ1) is 7.63. The summed E-state index contributed by atoms with van der Waals surface area (Å²) in [6.07, 6.45) is 0.963. The van der Waals surface area contributed by atoms with Gasteiger partial charge in [0.25, 0.3) is 5.91 Å². The van der Waals surface area contributed by atoms with E-state index in [1.54, 1.807) is 0 Å². The highest BCUT2D eigenvalue weighted by molar-refractivity contribution is 6.04. The molecule has 1 saturated heterocycles. The Bertz CT molecular complexity index is 425. The van der Waals surface area contributed by atoms with Crippen LogP contribution in [0.4, 0.5) is 4.79 Å². The van der Waals surface area contributed by atoms with Crippen LogP contribution < -0.4 is 5.32 Å². The predicted octanol–water partition coefficient (Wildman–Crippen LogP) is 1.47. The second kappa shape index (κ2) is 3.96. The van der Waals surface area contributed by atoms with E-state index in [0.717, 1.165) is 16.9 Å². The topological polar surface area (TPSA) is 49.4 Å². The van der Waals surface area contributed by atoms with E-state index in [4.69, 9.17) is 0 Å². The molecule has 1 aliphatic heterocycles. The zero-order valence-electron chi connectivity index (χ0n) is 9.36. The maximum atomic E-state index is 11.7. The van der Waals surface area contributed by atoms with Crippen LogP contribution in [-0.4, -0.2) is 23.9 Å². The summed E-state index contributed by atoms with van der Waals surface area (Å²) in [5.74, 6) is -0.200. The molecular formula is C12H14N2O2. The zero-order valence-corrected chi connectivity index (χ0v) is 9.36. The van der Waals surface area contributed by atoms with Crippen LogP contribution in [0.3, 0.4) is 0 Å². The standard InChI is InChI=1S/C12H14N2O2/c1-3-8-4-6-9(7-5-8)10-11(15)14(2)12(16)13-10/h4-7,10H,3H2,1-2H3,(H,13,16). The number of aryl methyl sites for hydroxylation is 1. The van der Waals surface area contributed by atoms with E-state index >= 15 is 0 Å². The van der Waals surface area contributed by atoms with Crippen LogP contribution in [0.1, 0.15) is 24.1 Å². The normalized spacial score (nSPS) is 20.1. The van der Waals surface area contributed by atoms with Crippen molar-refractivity contribution in [3.8, 4) is 0 Å². The highest BCUT2D eigenvalue weighted by Crippen LogP contribution is 2.21. The van der Waals surface area contributed by atoms with Crippen LogP contribution in [-0.2, 0) is 11.2 Å². The zero-order chi connectivity index (χ0) is 11.7. The van der Waals surface area contributed by atoms with E-state index in [2.05, 4.69) is 12.2 Å². The molecule has 0 spiro atoms. The molecule has 0 aliphatic carbocycles. The summed E-state index contributed by atoms with van der Waals surface area (Å²) in [5.41, 5.74) is 2.05. The number of carbonyl (C=O) groups excluding carboxylic acids is 2. The number of likely N-dealkylation sites (N-methyl/N-ethyl adjacent to an activating group) is 1. The number of nitrogens with one attached hydrogen (secondary N) is 1. The molecule has 16 heavy (non-hydrogen) atoms. The number of nitrogens with zero attached hydrogens (tertiary/aromatic N) is 1. The third kappa shape index (κ3) is 1.66. The monoisotopic (exact) mass is 218 g/mol. The fraction of sp³-hybridized carbons (Fsp3) is 0.333. The van der Waals surface area contributed by atoms with Gasteiger partial charge in [-0.1, -0.05) is 31.2 Å². The summed E-state index contributed by atoms with van der Waals surface area (Å²) < 4.78 is 0. The number of hydrogen-bond donors (Lipinski definition) is 1. The van der Waals surface area contributed by atoms with Gasteiger partial charge in [-0.3, -0.25) is 9.69 Å². The lowest BCUT2D eigenvalue weighted by molar-refractivity contribution is -0.126. The van der Waals surface area contributed by atoms with Gasteiger partial charge in [-0.2, -0.15) is 0 Å². The van der Waals surface area contributed by atoms with Gasteiger partial charge >= 0.3 is 6.03 Å². The minimum absolute atomic E-state index is 0.200. The molecule has 1 aromatic rings. The van der Waals surface area contributed by atoms with Crippen LogP contribution in [0.25, 0.3) is 0 Å². The number of rotatable bonds is 2. The lowest BCUT2D eigenvalue weighted by atomic mass is 10.0. The Balaban J connectivity index is 2.25. The van der Waals surface area contributed by atoms with Gasteiger partial charge in [0.15, 0.2) is 0 Å². The van der Waals surface area contributed by atoms with E-state index in [0.29, 0.717) is 0 Å². The Labute approximate surface area is 94.2 Å². The summed E-state index contributed by atoms with van der Waals surface area (Å²) in [6, 6.07) is 6.87. The molecule has 0 saturated carbocycles. The molecule has 2 rings (SSSR count). The third-order valence-electron chi connectivity index (χ3n) is 2.87. The van der Waals surface area contributed by atoms with Crippen molar-refractivity contribution in [1.29, 1.82) is 0 Å². The van der Waals surface area contributed by atoms with Gasteiger partial charge in [-0.25, -0.2) is 4.79 Å². The van der Waals surface area contributed by atoms with Gasteiger partial charge in [0.1, 0.15) is 6.04 Å². The van der Waals surface area contributed by atoms with E-state index in [1.165, 1.54) is 12.6 Å². The molecule has 84 valence electrons. The molecular weight excluding hydrogens is 204 g/mol. The van der Waals surface area contributed by atoms with Crippen molar-refractivity contribution in [2.45, 2.75) is 19.4 Å². The maximum absolute atomic E-state index is 11.7. The average molecular weight is 218 g/mol. The summed E-state index contributed by atoms with van der Waals surface area (Å²) in [6.45, 7) is 2.07. The molecule has 1 unspecified atom stereocenters. The van der Waals surface area contributed by atoms with Crippen molar-refractivity contribution in [1.82, 2.24) is 10.2 Å². The minimum atomic E-state index is -0.525. The van der Waals surface area contributed by atoms with Gasteiger partial charge in [-0.05, 0) is 17.5 Å². The van der Waals surface area contributed by atoms with Gasteiger partial charge in [0.2, 0.25) is 0 Å². The Morgan fingerprint density at radius 1 is 1.25 bits per heavy atom. The Morgan fingerprint density at radius 3 is 2.31 bits per heavy atom. The predicted molar refractivity (Wildman–Crippen MR) is 59.9 cm³/mol. The van der Waals surface area contributed by atoms with E-state index in [-0.39, 0.29) is 11.9 Å². The molecule has 0 radical (unpaired) electrons. The quantitative estimate of drug-likeness (QED) is 0.764. The van der Waals surface area contributed by atoms with Crippen molar-refractivity contribution in [3.05, 3.63) is 35.4 Å². The number of imide groups is 1. The van der Waals surface area contributed by atoms with Crippen LogP contribution in [0, 0.1) is 0 Å². The van der Waals surface area contributed by atoms with Gasteiger partial charge < -0.3 is 5.32 Å². The van der Waals surface area contributed by atoms with Crippen LogP contribution in [0.5, 0.6) is 0 Å². The SMILES string of the molecule is CCc1ccc(C2NC(=O)N(C)C2=O)cc1. The molecule has 4 heteroatoms. The summed E-state index contributed by atoms with van der Waals surface area (Å²) in [4.78, 5) is 24.1. The molecule has 4 nitrogen and oxygen atoms in total. The average Bonchev–Trinajstić information content (AvgIpc) is 2.57. The van der Waals surface area contributed by atoms with Crippen molar-refractivity contribution in [2.24, 2.45) is 0 Å². The van der Waals surface area contributed by atoms with E-state index < -0.39 is 6.04 Å². The van der Waals surface area contributed by atoms with Crippen LogP contribution in [0.2, 0.25) is 0 Å². The lowest BCUT2D eigenvalue weighted by Gasteiger charge is -2.08. The van der Waals surface area contributed by atoms with Gasteiger partial charge in [0.05, 0.1) is 0 Å². The number of hydrogen-bond acceptors (Lipinski definition) is 2. The molecule has 1 aromatic carbocycles. The second-order valence-electron chi connectivity index (χ2n) is 3.87. The summed E-state index contributed by atoms with van der Waals surface area (Å²) in [5, 5.41) is 2.64. The first-order valence-corrected chi connectivity index (χ1v) is 5.30. The number of carbonyl (C=O) groups is 2. The number of amides is 3. The van der Waals surface area contributed by atoms with E-state index in [9.17, 15) is 9.59 Å². The number of benzene rings is 1. The third-order valence-corrected chi connectivity index (χ3v) is 2.87. The molecule has 1 aliphatic rings. The highest BCUT2D eigenvalue weighted by atomic mass is 16.2. The fourth-order valence-corrected chi connectivity index (χ4v) is 1.75. The molecule has 1 N–H and O–H groups in total. The lowest BCUT2D eigenvalue weighted by Crippen LogP contribution is -2.25. The summed E-state index contributed by atoms with van der Waals surface area (Å²) >= 11 is 0. The Morgan fingerprint density at radius 2 is 1.88 bits per heavy atom. The molecule has 1 heterocycles. The highest BCUT2D eigenvalue weighted by Gasteiger charge is 2.36. The van der Waals surface area contributed by atoms with Gasteiger partial charge in [-0.15, -0.1) is 0 Å². The second-order valence-corrected chi connectivity index (χ2v) is 3.87. The molecule has 0 bridgehead atoms. The smallest absolute Gasteiger partial charge is 0.322 e. The van der Waals surface area contributed by atoms with E-state index in [1.807, 2.05) is 24.3 Å². The molecule has 0 aromatic heterocycles. The minimum Gasteiger partial charge on any atom is -0.322 e. The van der Waals surface area contributed by atoms with Crippen molar-refractivity contribution >= 4 is 11.9 Å². The molecule has 1 atom stereocenters. The van der Waals surface area contributed by atoms with Crippen molar-refractivity contribution in [2.75, 3.05) is 7.05 Å². The first kappa shape index (κ1) is 10.7. The summed E-state index contributed by atoms with van der Waals surface area (Å²) in [7, 11) is 1.48. The van der Waals surface area contributed by atoms with Crippen LogP contribution >= 0.6 is 0 Å². The largest absolute Gasteiger partial charge is 0.324 e. The first-order valence-electron chi connectivity index (χ1n) is 5.30. The molecule has 1 fully saturated rings. The maximum Gasteiger partial charge on any atom is 0.324 e. The molecule has 3 amide bonds. The number of urea groups is 1. The van der Waals surface area contributed by atoms with Crippen molar-refractivity contribution < 1.29 is 9.59 Å². The fourth-order valence-electron chi connectivity index (χ4n) is 1.75. The van der Waals surface area contributed by atoms with Crippen LogP contribution in [0.15, 0.2) is 24.3 Å². The van der Waals surface area contributed by atoms with Gasteiger partial charge in [0, 0.05) is 7.05 Å². The van der Waals surface area contributed by atoms with Crippen molar-refractivity contribution in [3.63, 3.8) is 0 Å².